The average molecular weight is 1510 g/mol. The lowest BCUT2D eigenvalue weighted by Gasteiger charge is -2.18. The van der Waals surface area contributed by atoms with Crippen molar-refractivity contribution in [2.24, 2.45) is 5.73 Å². The number of para-hydroxylation sites is 2. The summed E-state index contributed by atoms with van der Waals surface area (Å²) in [5.74, 6) is 2.98. The lowest BCUT2D eigenvalue weighted by molar-refractivity contribution is -0.622. The first-order chi connectivity index (χ1) is 51.1. The molecule has 0 fully saturated rings. The first-order valence-electron chi connectivity index (χ1n) is 33.2. The van der Waals surface area contributed by atoms with E-state index in [9.17, 15) is 45.1 Å². The molecule has 0 saturated carbocycles. The Bertz CT molecular complexity index is 4720. The standard InChI is InChI=1S/C21H24N4O4.C10H9N3O3.C10H16N2O2.C10H12N2O2.C9H13NO3.C9H13NO2.C8H9NO2/c1-21(2,27)17-11-10-15(28-3)13(23-17)8-9-14(26)18-12-6-5-7-16(29-4)19(12)25-20(22)24-18;1-16-6-4-2-3-5-7(6)12-10(11)13-8(5)9(14)15;2*1-10(2,13)9-5-4-8(14-3)7(6-11)12-9;1-9(2,11)8-5-4-7(13-3)6-10(8)12;1-9(2,11)8-5-4-7(12-3)6-10-8;1-6(10)8-4-3-7(11-2)5-9-8/h5-7,10-11,27H,8-9H2,1-4H3,(H2,22,24,25);2-4H,1H3,(H,14,15)(H2,11,12,13);4-5,13H,6,11H2,1-3H3;4-5,13H,1-3H3;4-6,11H,1-3H3;4-6,11H,1-3H3;3-5H,1-2H3. The number of ether oxygens (including phenoxy) is 8. The van der Waals surface area contributed by atoms with Gasteiger partial charge in [0.15, 0.2) is 34.5 Å². The zero-order valence-corrected chi connectivity index (χ0v) is 64.5. The normalized spacial score (nSPS) is 11.0. The van der Waals surface area contributed by atoms with Gasteiger partial charge in [-0.1, -0.05) is 24.3 Å². The Morgan fingerprint density at radius 1 is 0.477 bits per heavy atom. The maximum atomic E-state index is 13.0. The van der Waals surface area contributed by atoms with E-state index in [4.69, 9.17) is 65.5 Å². The number of Topliss-reactive ketones (excluding diaryl/α,β-unsaturated/α-hetero) is 2. The summed E-state index contributed by atoms with van der Waals surface area (Å²) in [7, 11) is 12.2. The van der Waals surface area contributed by atoms with E-state index in [0.29, 0.717) is 131 Å². The van der Waals surface area contributed by atoms with E-state index in [1.165, 1.54) is 54.9 Å². The molecule has 32 nitrogen and oxygen atoms in total. The van der Waals surface area contributed by atoms with E-state index in [1.54, 1.807) is 206 Å². The molecule has 0 bridgehead atoms. The highest BCUT2D eigenvalue weighted by Gasteiger charge is 2.27. The maximum Gasteiger partial charge on any atom is 0.355 e. The van der Waals surface area contributed by atoms with Gasteiger partial charge in [0.25, 0.3) is 0 Å². The highest BCUT2D eigenvalue weighted by atomic mass is 16.5. The number of carboxylic acid groups (broad SMARTS) is 1. The van der Waals surface area contributed by atoms with Crippen LogP contribution in [-0.4, -0.2) is 150 Å². The number of carboxylic acids is 1. The van der Waals surface area contributed by atoms with Gasteiger partial charge in [-0.3, -0.25) is 19.6 Å². The number of carbonyl (C=O) groups excluding carboxylic acids is 2. The molecule has 2 aromatic carbocycles. The summed E-state index contributed by atoms with van der Waals surface area (Å²) in [4.78, 5) is 71.3. The number of nitrogens with two attached hydrogens (primary N) is 3. The predicted octanol–water partition coefficient (Wildman–Crippen LogP) is 8.72. The number of methoxy groups -OCH3 is 8. The number of nitrogen functional groups attached to an aromatic ring is 2. The second-order valence-electron chi connectivity index (χ2n) is 25.9. The van der Waals surface area contributed by atoms with Crippen LogP contribution in [0.25, 0.3) is 21.8 Å². The Kier molecular flexibility index (Phi) is 32.8. The summed E-state index contributed by atoms with van der Waals surface area (Å²) < 4.78 is 41.0. The molecule has 0 aliphatic heterocycles. The van der Waals surface area contributed by atoms with Crippen LogP contribution in [0.4, 0.5) is 11.9 Å². The molecule has 0 spiro atoms. The summed E-state index contributed by atoms with van der Waals surface area (Å²) in [6.07, 6.45) is 4.86. The number of fused-ring (bicyclic) bond motifs is 2. The van der Waals surface area contributed by atoms with Gasteiger partial charge in [0.2, 0.25) is 23.8 Å². The van der Waals surface area contributed by atoms with Crippen molar-refractivity contribution in [3.05, 3.63) is 196 Å². The minimum atomic E-state index is -1.15. The molecule has 8 heterocycles. The fourth-order valence-electron chi connectivity index (χ4n) is 9.36. The van der Waals surface area contributed by atoms with Gasteiger partial charge in [-0.05, 0) is 148 Å². The van der Waals surface area contributed by atoms with Crippen LogP contribution in [0.15, 0.2) is 128 Å². The van der Waals surface area contributed by atoms with Gasteiger partial charge in [0.05, 0.1) is 103 Å². The maximum absolute atomic E-state index is 13.0. The monoisotopic (exact) mass is 1500 g/mol. The molecule has 0 amide bonds. The smallest absolute Gasteiger partial charge is 0.355 e. The Balaban J connectivity index is 0.000000277. The Hall–Kier alpha value is -12.1. The summed E-state index contributed by atoms with van der Waals surface area (Å²) >= 11 is 0. The number of benzene rings is 2. The number of ketones is 2. The molecule has 582 valence electrons. The third-order valence-corrected chi connectivity index (χ3v) is 15.2. The first kappa shape index (κ1) is 89.3. The molecule has 32 heteroatoms. The fraction of sp³-hybridized carbons (Fsp3) is 0.351. The third-order valence-electron chi connectivity index (χ3n) is 15.2. The molecular weight excluding hydrogens is 1410 g/mol. The van der Waals surface area contributed by atoms with E-state index < -0.39 is 34.0 Å². The minimum absolute atomic E-state index is 0.00471. The highest BCUT2D eigenvalue weighted by Crippen LogP contribution is 2.31. The topological polar surface area (TPSA) is 491 Å². The van der Waals surface area contributed by atoms with Crippen LogP contribution in [0, 0.1) is 16.5 Å². The first-order valence-corrected chi connectivity index (χ1v) is 33.2. The van der Waals surface area contributed by atoms with Gasteiger partial charge in [0, 0.05) is 43.1 Å². The number of carbonyl (C=O) groups is 3. The van der Waals surface area contributed by atoms with Crippen LogP contribution >= 0.6 is 0 Å². The molecular formula is C77H96N14O18. The molecule has 0 atom stereocenters. The van der Waals surface area contributed by atoms with E-state index >= 15 is 0 Å². The van der Waals surface area contributed by atoms with E-state index in [1.807, 2.05) is 6.07 Å². The second kappa shape index (κ2) is 40.0. The number of hydrogen-bond donors (Lipinski definition) is 9. The number of aliphatic hydroxyl groups is 5. The van der Waals surface area contributed by atoms with Crippen LogP contribution in [0.2, 0.25) is 0 Å². The van der Waals surface area contributed by atoms with Crippen LogP contribution < -0.4 is 59.8 Å². The molecule has 0 unspecified atom stereocenters. The number of nitriles is 1. The minimum Gasteiger partial charge on any atom is -0.618 e. The van der Waals surface area contributed by atoms with Crippen molar-refractivity contribution in [3.8, 4) is 52.1 Å². The van der Waals surface area contributed by atoms with Crippen molar-refractivity contribution in [2.45, 2.75) is 124 Å². The second-order valence-corrected chi connectivity index (χ2v) is 25.9. The van der Waals surface area contributed by atoms with Gasteiger partial charge >= 0.3 is 5.97 Å². The Labute approximate surface area is 631 Å². The highest BCUT2D eigenvalue weighted by molar-refractivity contribution is 6.07. The number of pyridine rings is 6. The number of aryl methyl sites for hydroxylation is 1. The lowest BCUT2D eigenvalue weighted by atomic mass is 10.0. The molecule has 0 aliphatic carbocycles. The summed E-state index contributed by atoms with van der Waals surface area (Å²) in [6, 6.07) is 32.4. The zero-order valence-electron chi connectivity index (χ0n) is 64.5. The SMILES string of the molecule is COc1ccc(C(C)(C)O)[n+]([O-])c1.COc1ccc(C(C)(C)O)nc1.COc1ccc(C(C)(C)O)nc1C#N.COc1ccc(C(C)(C)O)nc1CCC(=O)c1nc(N)nc2c(OC)cccc12.COc1ccc(C(C)(C)O)nc1CN.COc1ccc(C(C)=O)nc1.COc1cccc2c(C(=O)O)nc(N)nc12. The third kappa shape index (κ3) is 26.4. The fourth-order valence-corrected chi connectivity index (χ4v) is 9.36. The summed E-state index contributed by atoms with van der Waals surface area (Å²) in [5, 5.41) is 78.8. The predicted molar refractivity (Wildman–Crippen MR) is 405 cm³/mol. The molecule has 0 saturated heterocycles. The van der Waals surface area contributed by atoms with Gasteiger partial charge in [0.1, 0.15) is 91.0 Å². The lowest BCUT2D eigenvalue weighted by Crippen LogP contribution is -2.39. The van der Waals surface area contributed by atoms with Crippen molar-refractivity contribution in [3.63, 3.8) is 0 Å². The quantitative estimate of drug-likeness (QED) is 0.0195. The van der Waals surface area contributed by atoms with Gasteiger partial charge in [-0.2, -0.15) is 9.99 Å². The van der Waals surface area contributed by atoms with Crippen molar-refractivity contribution in [2.75, 3.05) is 68.3 Å². The van der Waals surface area contributed by atoms with Crippen LogP contribution in [0.1, 0.15) is 160 Å². The Morgan fingerprint density at radius 3 is 1.28 bits per heavy atom. The van der Waals surface area contributed by atoms with Crippen LogP contribution in [-0.2, 0) is 41.0 Å². The van der Waals surface area contributed by atoms with E-state index in [-0.39, 0.29) is 47.0 Å². The number of nitrogens with zero attached hydrogens (tertiary/aromatic N) is 11. The Morgan fingerprint density at radius 2 is 0.890 bits per heavy atom. The van der Waals surface area contributed by atoms with Gasteiger partial charge in [-0.15, -0.1) is 0 Å². The molecule has 109 heavy (non-hydrogen) atoms. The molecule has 0 radical (unpaired) electrons. The molecule has 10 rings (SSSR count). The molecule has 0 aliphatic rings. The van der Waals surface area contributed by atoms with E-state index in [2.05, 4.69) is 44.9 Å². The van der Waals surface area contributed by atoms with Crippen molar-refractivity contribution in [1.29, 1.82) is 5.26 Å². The molecule has 10 aromatic rings. The summed E-state index contributed by atoms with van der Waals surface area (Å²) in [6.45, 7) is 18.2. The molecule has 12 N–H and O–H groups in total. The number of aromatic carboxylic acids is 1. The van der Waals surface area contributed by atoms with Crippen molar-refractivity contribution in [1.82, 2.24) is 44.9 Å². The van der Waals surface area contributed by atoms with E-state index in [0.717, 1.165) is 0 Å². The largest absolute Gasteiger partial charge is 0.618 e. The van der Waals surface area contributed by atoms with Gasteiger partial charge < -0.3 is 90.9 Å². The van der Waals surface area contributed by atoms with Crippen LogP contribution in [0.5, 0.6) is 46.0 Å². The number of anilines is 2. The summed E-state index contributed by atoms with van der Waals surface area (Å²) in [5.41, 5.74) is 17.1. The molecule has 8 aromatic heterocycles. The number of rotatable bonds is 20. The van der Waals surface area contributed by atoms with Gasteiger partial charge in [-0.25, -0.2) is 39.7 Å². The van der Waals surface area contributed by atoms with Crippen LogP contribution in [0.3, 0.4) is 0 Å². The number of hydrogen-bond acceptors (Lipinski definition) is 30. The van der Waals surface area contributed by atoms with Crippen molar-refractivity contribution >= 4 is 51.2 Å². The zero-order chi connectivity index (χ0) is 81.9. The average Bonchev–Trinajstić information content (AvgIpc) is 0.790. The number of aromatic nitrogens is 10. The van der Waals surface area contributed by atoms with Crippen molar-refractivity contribution < 1.29 is 87.6 Å².